The van der Waals surface area contributed by atoms with Gasteiger partial charge >= 0.3 is 0 Å². The van der Waals surface area contributed by atoms with Crippen LogP contribution in [0.15, 0.2) is 42.5 Å². The molecule has 1 aromatic carbocycles. The first-order valence-electron chi connectivity index (χ1n) is 9.27. The quantitative estimate of drug-likeness (QED) is 0.723. The Hall–Kier alpha value is -2.62. The number of nitrogens with zero attached hydrogens (tertiary/aromatic N) is 3. The number of hydrogen-bond donors (Lipinski definition) is 1. The predicted octanol–water partition coefficient (Wildman–Crippen LogP) is 5.02. The van der Waals surface area contributed by atoms with Gasteiger partial charge in [0.25, 0.3) is 0 Å². The van der Waals surface area contributed by atoms with Crippen molar-refractivity contribution in [1.29, 1.82) is 0 Å². The van der Waals surface area contributed by atoms with Crippen LogP contribution in [0, 0.1) is 5.41 Å². The average Bonchev–Trinajstić information content (AvgIpc) is 3.09. The van der Waals surface area contributed by atoms with E-state index in [4.69, 9.17) is 10.1 Å². The van der Waals surface area contributed by atoms with E-state index in [9.17, 15) is 5.11 Å². The van der Waals surface area contributed by atoms with Crippen molar-refractivity contribution in [1.82, 2.24) is 14.8 Å². The molecule has 4 rings (SSSR count). The Bertz CT molecular complexity index is 954. The Balaban J connectivity index is 1.96. The summed E-state index contributed by atoms with van der Waals surface area (Å²) in [5.74, 6) is 0.667. The topological polar surface area (TPSA) is 50.9 Å². The molecular weight excluding hydrogens is 322 g/mol. The summed E-state index contributed by atoms with van der Waals surface area (Å²) in [6.45, 7) is 9.89. The van der Waals surface area contributed by atoms with E-state index >= 15 is 0 Å². The second kappa shape index (κ2) is 5.97. The van der Waals surface area contributed by atoms with E-state index < -0.39 is 0 Å². The van der Waals surface area contributed by atoms with E-state index in [1.165, 1.54) is 5.69 Å². The summed E-state index contributed by atoms with van der Waals surface area (Å²) in [4.78, 5) is 4.81. The number of pyridine rings is 1. The van der Waals surface area contributed by atoms with Crippen LogP contribution in [0.5, 0.6) is 5.75 Å². The summed E-state index contributed by atoms with van der Waals surface area (Å²) in [7, 11) is 0. The third kappa shape index (κ3) is 2.61. The molecular formula is C22H25N3O. The Kier molecular flexibility index (Phi) is 3.87. The average molecular weight is 347 g/mol. The summed E-state index contributed by atoms with van der Waals surface area (Å²) in [6, 6.07) is 13.6. The number of hydrogen-bond acceptors (Lipinski definition) is 3. The molecule has 3 heterocycles. The van der Waals surface area contributed by atoms with Crippen molar-refractivity contribution in [3.8, 4) is 28.3 Å². The smallest absolute Gasteiger partial charge is 0.119 e. The van der Waals surface area contributed by atoms with Gasteiger partial charge in [0.15, 0.2) is 0 Å². The van der Waals surface area contributed by atoms with Crippen LogP contribution in [0.4, 0.5) is 0 Å². The fourth-order valence-corrected chi connectivity index (χ4v) is 3.83. The minimum absolute atomic E-state index is 0.172. The van der Waals surface area contributed by atoms with Crippen LogP contribution in [0.1, 0.15) is 45.0 Å². The summed E-state index contributed by atoms with van der Waals surface area (Å²) in [5, 5.41) is 14.7. The maximum absolute atomic E-state index is 9.70. The SMILES string of the molecule is CCc1cccc(-c2nn3c(c2-c2ccc(O)cc2)[C@@H](C)C(C)(C)C3)n1. The molecule has 1 aliphatic heterocycles. The first kappa shape index (κ1) is 16.8. The monoisotopic (exact) mass is 347 g/mol. The first-order chi connectivity index (χ1) is 12.4. The number of phenolic OH excluding ortho intramolecular Hbond substituents is 1. The number of aryl methyl sites for hydroxylation is 1. The third-order valence-corrected chi connectivity index (χ3v) is 5.70. The normalized spacial score (nSPS) is 18.1. The van der Waals surface area contributed by atoms with Crippen molar-refractivity contribution in [3.63, 3.8) is 0 Å². The minimum atomic E-state index is 0.172. The van der Waals surface area contributed by atoms with Gasteiger partial charge in [0, 0.05) is 23.7 Å². The zero-order chi connectivity index (χ0) is 18.5. The number of phenols is 1. The Morgan fingerprint density at radius 2 is 1.88 bits per heavy atom. The summed E-state index contributed by atoms with van der Waals surface area (Å²) in [6.07, 6.45) is 0.902. The molecule has 3 aromatic rings. The molecule has 0 bridgehead atoms. The van der Waals surface area contributed by atoms with E-state index in [0.29, 0.717) is 5.92 Å². The number of benzene rings is 1. The molecule has 0 saturated heterocycles. The fourth-order valence-electron chi connectivity index (χ4n) is 3.83. The van der Waals surface area contributed by atoms with Crippen molar-refractivity contribution in [2.24, 2.45) is 5.41 Å². The summed E-state index contributed by atoms with van der Waals surface area (Å²) < 4.78 is 2.16. The molecule has 1 N–H and O–H groups in total. The van der Waals surface area contributed by atoms with Crippen LogP contribution in [-0.2, 0) is 13.0 Å². The molecule has 0 radical (unpaired) electrons. The van der Waals surface area contributed by atoms with Crippen LogP contribution in [0.2, 0.25) is 0 Å². The second-order valence-electron chi connectivity index (χ2n) is 7.89. The van der Waals surface area contributed by atoms with Crippen LogP contribution >= 0.6 is 0 Å². The highest BCUT2D eigenvalue weighted by molar-refractivity contribution is 5.82. The standard InChI is InChI=1S/C22H25N3O/c1-5-16-7-6-8-18(23-16)20-19(15-9-11-17(26)12-10-15)21-14(2)22(3,4)13-25(21)24-20/h6-12,14,26H,5,13H2,1-4H3/t14-/m1/s1. The van der Waals surface area contributed by atoms with Crippen molar-refractivity contribution in [2.75, 3.05) is 0 Å². The van der Waals surface area contributed by atoms with Crippen molar-refractivity contribution in [3.05, 3.63) is 53.9 Å². The van der Waals surface area contributed by atoms with E-state index in [0.717, 1.165) is 41.2 Å². The zero-order valence-corrected chi connectivity index (χ0v) is 15.8. The molecule has 1 atom stereocenters. The molecule has 0 fully saturated rings. The highest BCUT2D eigenvalue weighted by atomic mass is 16.3. The zero-order valence-electron chi connectivity index (χ0n) is 15.8. The molecule has 0 amide bonds. The second-order valence-corrected chi connectivity index (χ2v) is 7.89. The van der Waals surface area contributed by atoms with Gasteiger partial charge in [-0.1, -0.05) is 45.9 Å². The van der Waals surface area contributed by atoms with E-state index in [2.05, 4.69) is 44.5 Å². The first-order valence-corrected chi connectivity index (χ1v) is 9.27. The minimum Gasteiger partial charge on any atom is -0.508 e. The number of aromatic nitrogens is 3. The molecule has 0 aliphatic carbocycles. The molecule has 4 nitrogen and oxygen atoms in total. The van der Waals surface area contributed by atoms with Crippen LogP contribution in [0.3, 0.4) is 0 Å². The van der Waals surface area contributed by atoms with Gasteiger partial charge in [0.2, 0.25) is 0 Å². The third-order valence-electron chi connectivity index (χ3n) is 5.70. The van der Waals surface area contributed by atoms with Gasteiger partial charge in [0.05, 0.1) is 11.4 Å². The largest absolute Gasteiger partial charge is 0.508 e. The molecule has 0 unspecified atom stereocenters. The predicted molar refractivity (Wildman–Crippen MR) is 104 cm³/mol. The van der Waals surface area contributed by atoms with E-state index in [1.807, 2.05) is 18.2 Å². The van der Waals surface area contributed by atoms with E-state index in [-0.39, 0.29) is 11.2 Å². The Morgan fingerprint density at radius 3 is 2.58 bits per heavy atom. The molecule has 0 spiro atoms. The van der Waals surface area contributed by atoms with Crippen LogP contribution in [-0.4, -0.2) is 19.9 Å². The van der Waals surface area contributed by atoms with Crippen LogP contribution in [0.25, 0.3) is 22.5 Å². The van der Waals surface area contributed by atoms with Gasteiger partial charge in [-0.2, -0.15) is 5.10 Å². The molecule has 1 aliphatic rings. The number of rotatable bonds is 3. The van der Waals surface area contributed by atoms with Crippen molar-refractivity contribution < 1.29 is 5.11 Å². The van der Waals surface area contributed by atoms with Gasteiger partial charge in [-0.15, -0.1) is 0 Å². The lowest BCUT2D eigenvalue weighted by Gasteiger charge is -2.23. The Morgan fingerprint density at radius 1 is 1.15 bits per heavy atom. The number of aromatic hydroxyl groups is 1. The van der Waals surface area contributed by atoms with Gasteiger partial charge in [-0.25, -0.2) is 0 Å². The van der Waals surface area contributed by atoms with Crippen LogP contribution < -0.4 is 0 Å². The summed E-state index contributed by atoms with van der Waals surface area (Å²) >= 11 is 0. The summed E-state index contributed by atoms with van der Waals surface area (Å²) in [5.41, 5.74) is 6.57. The maximum atomic E-state index is 9.70. The fraction of sp³-hybridized carbons (Fsp3) is 0.364. The Labute approximate surface area is 154 Å². The van der Waals surface area contributed by atoms with E-state index in [1.54, 1.807) is 12.1 Å². The lowest BCUT2D eigenvalue weighted by Crippen LogP contribution is -2.17. The molecule has 134 valence electrons. The molecule has 4 heteroatoms. The highest BCUT2D eigenvalue weighted by Gasteiger charge is 2.40. The van der Waals surface area contributed by atoms with Gasteiger partial charge in [0.1, 0.15) is 11.4 Å². The molecule has 0 saturated carbocycles. The van der Waals surface area contributed by atoms with Crippen molar-refractivity contribution in [2.45, 2.75) is 46.6 Å². The lowest BCUT2D eigenvalue weighted by molar-refractivity contribution is 0.301. The van der Waals surface area contributed by atoms with Gasteiger partial charge in [-0.3, -0.25) is 9.67 Å². The van der Waals surface area contributed by atoms with Gasteiger partial charge in [-0.05, 0) is 41.7 Å². The van der Waals surface area contributed by atoms with Crippen molar-refractivity contribution >= 4 is 0 Å². The highest BCUT2D eigenvalue weighted by Crippen LogP contribution is 2.49. The number of fused-ring (bicyclic) bond motifs is 1. The maximum Gasteiger partial charge on any atom is 0.119 e. The molecule has 2 aromatic heterocycles. The van der Waals surface area contributed by atoms with Gasteiger partial charge < -0.3 is 5.11 Å². The lowest BCUT2D eigenvalue weighted by atomic mass is 9.79. The molecule has 26 heavy (non-hydrogen) atoms.